The summed E-state index contributed by atoms with van der Waals surface area (Å²) < 4.78 is 19.5. The predicted octanol–water partition coefficient (Wildman–Crippen LogP) is 4.25. The molecule has 6 heteroatoms. The molecule has 2 rings (SSSR count). The lowest BCUT2D eigenvalue weighted by atomic mass is 10.0. The van der Waals surface area contributed by atoms with Crippen molar-refractivity contribution in [1.82, 2.24) is 4.90 Å². The lowest BCUT2D eigenvalue weighted by Gasteiger charge is -2.34. The van der Waals surface area contributed by atoms with Crippen molar-refractivity contribution in [3.8, 4) is 0 Å². The van der Waals surface area contributed by atoms with Crippen molar-refractivity contribution in [2.24, 2.45) is 0 Å². The molecule has 1 fully saturated rings. The Labute approximate surface area is 140 Å². The molecule has 0 aliphatic carbocycles. The van der Waals surface area contributed by atoms with Gasteiger partial charge in [0, 0.05) is 13.1 Å². The summed E-state index contributed by atoms with van der Waals surface area (Å²) in [6.07, 6.45) is 1.49. The van der Waals surface area contributed by atoms with Gasteiger partial charge in [0.15, 0.2) is 5.67 Å². The van der Waals surface area contributed by atoms with E-state index in [1.807, 2.05) is 6.07 Å². The number of hydrogen-bond acceptors (Lipinski definition) is 2. The molecule has 0 spiro atoms. The lowest BCUT2D eigenvalue weighted by Crippen LogP contribution is -2.47. The van der Waals surface area contributed by atoms with Crippen LogP contribution < -0.4 is 0 Å². The average molecular weight is 348 g/mol. The summed E-state index contributed by atoms with van der Waals surface area (Å²) in [5.74, 6) is -0.449. The molecule has 1 saturated heterocycles. The third kappa shape index (κ3) is 4.58. The fourth-order valence-corrected chi connectivity index (χ4v) is 2.77. The zero-order valence-electron chi connectivity index (χ0n) is 12.7. The van der Waals surface area contributed by atoms with Gasteiger partial charge in [-0.15, -0.1) is 0 Å². The number of halogens is 3. The molecule has 0 atom stereocenters. The summed E-state index contributed by atoms with van der Waals surface area (Å²) in [5, 5.41) is 1.03. The van der Waals surface area contributed by atoms with Crippen molar-refractivity contribution in [2.45, 2.75) is 45.1 Å². The third-order valence-electron chi connectivity index (χ3n) is 3.71. The van der Waals surface area contributed by atoms with Crippen LogP contribution in [-0.2, 0) is 16.1 Å². The van der Waals surface area contributed by atoms with Crippen LogP contribution in [0.15, 0.2) is 18.2 Å². The second-order valence-corrected chi connectivity index (χ2v) is 6.84. The predicted molar refractivity (Wildman–Crippen MR) is 86.0 cm³/mol. The number of piperidine rings is 1. The highest BCUT2D eigenvalue weighted by Gasteiger charge is 2.33. The number of nitrogens with zero attached hydrogens (tertiary/aromatic N) is 1. The van der Waals surface area contributed by atoms with E-state index in [0.717, 1.165) is 5.56 Å². The average Bonchev–Trinajstić information content (AvgIpc) is 2.47. The smallest absolute Gasteiger partial charge is 0.259 e. The zero-order valence-corrected chi connectivity index (χ0v) is 14.3. The number of alkyl halides is 1. The first kappa shape index (κ1) is 17.5. The highest BCUT2D eigenvalue weighted by Crippen LogP contribution is 2.24. The Kier molecular flexibility index (Phi) is 5.70. The first-order valence-electron chi connectivity index (χ1n) is 7.31. The second-order valence-electron chi connectivity index (χ2n) is 6.02. The first-order valence-corrected chi connectivity index (χ1v) is 8.07. The van der Waals surface area contributed by atoms with E-state index < -0.39 is 11.6 Å². The minimum absolute atomic E-state index is 0.0706. The number of amides is 1. The van der Waals surface area contributed by atoms with Crippen LogP contribution in [0.5, 0.6) is 0 Å². The fourth-order valence-electron chi connectivity index (χ4n) is 2.45. The van der Waals surface area contributed by atoms with Crippen LogP contribution in [0, 0.1) is 0 Å². The van der Waals surface area contributed by atoms with Gasteiger partial charge in [-0.05, 0) is 44.4 Å². The van der Waals surface area contributed by atoms with Crippen molar-refractivity contribution in [1.29, 1.82) is 0 Å². The van der Waals surface area contributed by atoms with Crippen LogP contribution in [0.1, 0.15) is 32.3 Å². The molecule has 1 amide bonds. The molecule has 1 aromatic carbocycles. The molecule has 0 saturated carbocycles. The maximum absolute atomic E-state index is 13.7. The Morgan fingerprint density at radius 2 is 1.95 bits per heavy atom. The fraction of sp³-hybridized carbons (Fsp3) is 0.562. The SMILES string of the molecule is CC(C)(F)C(=O)N1CCC(OCc2ccc(Cl)c(Cl)c2)CC1. The Balaban J connectivity index is 1.80. The van der Waals surface area contributed by atoms with Crippen molar-refractivity contribution >= 4 is 29.1 Å². The van der Waals surface area contributed by atoms with E-state index >= 15 is 0 Å². The van der Waals surface area contributed by atoms with Gasteiger partial charge in [0.1, 0.15) is 0 Å². The summed E-state index contributed by atoms with van der Waals surface area (Å²) in [7, 11) is 0. The Morgan fingerprint density at radius 3 is 2.50 bits per heavy atom. The molecule has 122 valence electrons. The summed E-state index contributed by atoms with van der Waals surface area (Å²) in [5.41, 5.74) is -0.855. The summed E-state index contributed by atoms with van der Waals surface area (Å²) in [6.45, 7) is 4.09. The topological polar surface area (TPSA) is 29.5 Å². The first-order chi connectivity index (χ1) is 10.3. The van der Waals surface area contributed by atoms with Gasteiger partial charge in [0.05, 0.1) is 22.8 Å². The van der Waals surface area contributed by atoms with Crippen LogP contribution >= 0.6 is 23.2 Å². The van der Waals surface area contributed by atoms with E-state index in [4.69, 9.17) is 27.9 Å². The van der Waals surface area contributed by atoms with Gasteiger partial charge in [-0.3, -0.25) is 4.79 Å². The molecule has 0 bridgehead atoms. The van der Waals surface area contributed by atoms with Crippen molar-refractivity contribution < 1.29 is 13.9 Å². The quantitative estimate of drug-likeness (QED) is 0.814. The molecule has 1 aliphatic rings. The molecule has 0 radical (unpaired) electrons. The van der Waals surface area contributed by atoms with Gasteiger partial charge < -0.3 is 9.64 Å². The molecule has 0 aromatic heterocycles. The van der Waals surface area contributed by atoms with E-state index in [1.165, 1.54) is 13.8 Å². The number of carbonyl (C=O) groups excluding carboxylic acids is 1. The number of carbonyl (C=O) groups is 1. The minimum Gasteiger partial charge on any atom is -0.373 e. The summed E-state index contributed by atoms with van der Waals surface area (Å²) in [6, 6.07) is 5.40. The van der Waals surface area contributed by atoms with Crippen LogP contribution in [0.25, 0.3) is 0 Å². The monoisotopic (exact) mass is 347 g/mol. The van der Waals surface area contributed by atoms with Gasteiger partial charge in [-0.1, -0.05) is 29.3 Å². The molecule has 1 heterocycles. The Bertz CT molecular complexity index is 537. The third-order valence-corrected chi connectivity index (χ3v) is 4.45. The van der Waals surface area contributed by atoms with E-state index in [1.54, 1.807) is 17.0 Å². The van der Waals surface area contributed by atoms with E-state index in [-0.39, 0.29) is 6.10 Å². The van der Waals surface area contributed by atoms with Crippen LogP contribution in [0.2, 0.25) is 10.0 Å². The van der Waals surface area contributed by atoms with Crippen molar-refractivity contribution in [3.05, 3.63) is 33.8 Å². The molecule has 22 heavy (non-hydrogen) atoms. The molecular formula is C16H20Cl2FNO2. The largest absolute Gasteiger partial charge is 0.373 e. The van der Waals surface area contributed by atoms with Crippen LogP contribution in [0.3, 0.4) is 0 Å². The molecule has 3 nitrogen and oxygen atoms in total. The summed E-state index contributed by atoms with van der Waals surface area (Å²) in [4.78, 5) is 13.4. The highest BCUT2D eigenvalue weighted by atomic mass is 35.5. The number of rotatable bonds is 4. The second kappa shape index (κ2) is 7.16. The van der Waals surface area contributed by atoms with Crippen molar-refractivity contribution in [2.75, 3.05) is 13.1 Å². The molecule has 1 aliphatic heterocycles. The summed E-state index contributed by atoms with van der Waals surface area (Å²) >= 11 is 11.8. The van der Waals surface area contributed by atoms with Crippen LogP contribution in [-0.4, -0.2) is 35.7 Å². The normalized spacial score (nSPS) is 16.9. The lowest BCUT2D eigenvalue weighted by molar-refractivity contribution is -0.144. The van der Waals surface area contributed by atoms with E-state index in [9.17, 15) is 9.18 Å². The minimum atomic E-state index is -1.81. The molecule has 0 N–H and O–H groups in total. The van der Waals surface area contributed by atoms with E-state index in [2.05, 4.69) is 0 Å². The maximum atomic E-state index is 13.7. The molecule has 1 aromatic rings. The van der Waals surface area contributed by atoms with Gasteiger partial charge in [-0.2, -0.15) is 0 Å². The number of benzene rings is 1. The van der Waals surface area contributed by atoms with Gasteiger partial charge in [-0.25, -0.2) is 4.39 Å². The highest BCUT2D eigenvalue weighted by molar-refractivity contribution is 6.42. The Morgan fingerprint density at radius 1 is 1.32 bits per heavy atom. The van der Waals surface area contributed by atoms with Gasteiger partial charge >= 0.3 is 0 Å². The molecule has 0 unspecified atom stereocenters. The van der Waals surface area contributed by atoms with Crippen molar-refractivity contribution in [3.63, 3.8) is 0 Å². The zero-order chi connectivity index (χ0) is 16.3. The number of likely N-dealkylation sites (tertiary alicyclic amines) is 1. The van der Waals surface area contributed by atoms with Crippen LogP contribution in [0.4, 0.5) is 4.39 Å². The number of hydrogen-bond donors (Lipinski definition) is 0. The number of ether oxygens (including phenoxy) is 1. The van der Waals surface area contributed by atoms with Gasteiger partial charge in [0.2, 0.25) is 0 Å². The maximum Gasteiger partial charge on any atom is 0.259 e. The molecular weight excluding hydrogens is 328 g/mol. The standard InChI is InChI=1S/C16H20Cl2FNO2/c1-16(2,19)15(21)20-7-5-12(6-8-20)22-10-11-3-4-13(17)14(18)9-11/h3-4,9,12H,5-8,10H2,1-2H3. The van der Waals surface area contributed by atoms with Gasteiger partial charge in [0.25, 0.3) is 5.91 Å². The van der Waals surface area contributed by atoms with E-state index in [0.29, 0.717) is 42.6 Å². The Hall–Kier alpha value is -0.840.